The maximum atomic E-state index is 13.1. The number of methoxy groups -OCH3 is 1. The fourth-order valence-corrected chi connectivity index (χ4v) is 3.28. The Morgan fingerprint density at radius 2 is 1.67 bits per heavy atom. The van der Waals surface area contributed by atoms with Crippen LogP contribution >= 0.6 is 0 Å². The second kappa shape index (κ2) is 8.66. The third-order valence-electron chi connectivity index (χ3n) is 4.92. The van der Waals surface area contributed by atoms with Gasteiger partial charge in [0.2, 0.25) is 0 Å². The number of para-hydroxylation sites is 2. The number of aryl methyl sites for hydroxylation is 1. The summed E-state index contributed by atoms with van der Waals surface area (Å²) in [5.41, 5.74) is 4.96. The highest BCUT2D eigenvalue weighted by atomic mass is 16.5. The third kappa shape index (κ3) is 4.10. The number of carbonyl (C=O) groups is 1. The van der Waals surface area contributed by atoms with Crippen LogP contribution in [0.1, 0.15) is 21.5 Å². The first kappa shape index (κ1) is 19.5. The number of nitrogens with zero attached hydrogens (tertiary/aromatic N) is 2. The number of ether oxygens (including phenoxy) is 1. The Morgan fingerprint density at radius 3 is 2.40 bits per heavy atom. The smallest absolute Gasteiger partial charge is 0.255 e. The van der Waals surface area contributed by atoms with Crippen molar-refractivity contribution in [2.75, 3.05) is 7.11 Å². The molecule has 1 amide bonds. The molecule has 0 bridgehead atoms. The van der Waals surface area contributed by atoms with Crippen LogP contribution in [0.5, 0.6) is 5.75 Å². The summed E-state index contributed by atoms with van der Waals surface area (Å²) in [4.78, 5) is 13.1. The summed E-state index contributed by atoms with van der Waals surface area (Å²) >= 11 is 0. The van der Waals surface area contributed by atoms with Crippen molar-refractivity contribution in [3.05, 3.63) is 102 Å². The fourth-order valence-electron chi connectivity index (χ4n) is 3.28. The van der Waals surface area contributed by atoms with Gasteiger partial charge in [0, 0.05) is 18.3 Å². The molecule has 4 aromatic rings. The zero-order valence-electron chi connectivity index (χ0n) is 17.0. The predicted molar refractivity (Wildman–Crippen MR) is 118 cm³/mol. The number of amides is 1. The van der Waals surface area contributed by atoms with Gasteiger partial charge < -0.3 is 10.1 Å². The number of rotatable bonds is 6. The van der Waals surface area contributed by atoms with E-state index in [9.17, 15) is 4.79 Å². The molecule has 3 aromatic carbocycles. The van der Waals surface area contributed by atoms with Crippen LogP contribution in [0.3, 0.4) is 0 Å². The molecule has 5 heteroatoms. The van der Waals surface area contributed by atoms with Crippen molar-refractivity contribution in [1.29, 1.82) is 0 Å². The van der Waals surface area contributed by atoms with Gasteiger partial charge in [0.05, 0.1) is 18.4 Å². The molecule has 0 saturated heterocycles. The maximum absolute atomic E-state index is 13.1. The van der Waals surface area contributed by atoms with Crippen LogP contribution in [0.15, 0.2) is 85.1 Å². The molecule has 150 valence electrons. The Hall–Kier alpha value is -3.86. The molecule has 0 atom stereocenters. The van der Waals surface area contributed by atoms with E-state index < -0.39 is 0 Å². The molecule has 0 radical (unpaired) electrons. The van der Waals surface area contributed by atoms with Crippen LogP contribution in [0.2, 0.25) is 0 Å². The van der Waals surface area contributed by atoms with E-state index in [0.29, 0.717) is 23.6 Å². The molecule has 0 fully saturated rings. The molecule has 0 unspecified atom stereocenters. The molecular weight excluding hydrogens is 374 g/mol. The largest absolute Gasteiger partial charge is 0.496 e. The average Bonchev–Trinajstić information content (AvgIpc) is 3.24. The van der Waals surface area contributed by atoms with Crippen molar-refractivity contribution < 1.29 is 9.53 Å². The zero-order valence-corrected chi connectivity index (χ0v) is 17.0. The second-order valence-corrected chi connectivity index (χ2v) is 7.04. The highest BCUT2D eigenvalue weighted by molar-refractivity contribution is 6.00. The lowest BCUT2D eigenvalue weighted by atomic mass is 10.1. The molecular formula is C25H23N3O2. The van der Waals surface area contributed by atoms with Gasteiger partial charge in [0.1, 0.15) is 11.4 Å². The number of hydrogen-bond donors (Lipinski definition) is 1. The molecule has 30 heavy (non-hydrogen) atoms. The van der Waals surface area contributed by atoms with Crippen molar-refractivity contribution in [2.24, 2.45) is 0 Å². The molecule has 0 aliphatic heterocycles. The SMILES string of the molecule is COc1ccccc1-c1nn(-c2ccccc2)cc1C(=O)NCc1ccc(C)cc1. The molecule has 0 aliphatic rings. The van der Waals surface area contributed by atoms with Gasteiger partial charge >= 0.3 is 0 Å². The summed E-state index contributed by atoms with van der Waals surface area (Å²) < 4.78 is 7.23. The Bertz CT molecular complexity index is 1150. The Labute approximate surface area is 175 Å². The van der Waals surface area contributed by atoms with Crippen LogP contribution in [-0.4, -0.2) is 22.8 Å². The van der Waals surface area contributed by atoms with Crippen LogP contribution in [0.25, 0.3) is 16.9 Å². The first-order chi connectivity index (χ1) is 14.7. The summed E-state index contributed by atoms with van der Waals surface area (Å²) in [7, 11) is 1.62. The van der Waals surface area contributed by atoms with E-state index in [0.717, 1.165) is 16.8 Å². The van der Waals surface area contributed by atoms with Crippen molar-refractivity contribution in [1.82, 2.24) is 15.1 Å². The number of hydrogen-bond acceptors (Lipinski definition) is 3. The lowest BCUT2D eigenvalue weighted by Crippen LogP contribution is -2.23. The maximum Gasteiger partial charge on any atom is 0.255 e. The van der Waals surface area contributed by atoms with Gasteiger partial charge in [-0.2, -0.15) is 5.10 Å². The standard InChI is InChI=1S/C25H23N3O2/c1-18-12-14-19(15-13-18)16-26-25(29)22-17-28(20-8-4-3-5-9-20)27-24(22)21-10-6-7-11-23(21)30-2/h3-15,17H,16H2,1-2H3,(H,26,29). The van der Waals surface area contributed by atoms with Crippen molar-refractivity contribution in [3.8, 4) is 22.7 Å². The minimum absolute atomic E-state index is 0.182. The lowest BCUT2D eigenvalue weighted by Gasteiger charge is -2.09. The van der Waals surface area contributed by atoms with Crippen LogP contribution in [-0.2, 0) is 6.54 Å². The van der Waals surface area contributed by atoms with Gasteiger partial charge in [-0.1, -0.05) is 60.2 Å². The van der Waals surface area contributed by atoms with Gasteiger partial charge in [-0.3, -0.25) is 4.79 Å². The summed E-state index contributed by atoms with van der Waals surface area (Å²) in [5, 5.41) is 7.74. The van der Waals surface area contributed by atoms with Crippen molar-refractivity contribution in [3.63, 3.8) is 0 Å². The van der Waals surface area contributed by atoms with Crippen molar-refractivity contribution >= 4 is 5.91 Å². The second-order valence-electron chi connectivity index (χ2n) is 7.04. The van der Waals surface area contributed by atoms with E-state index in [1.807, 2.05) is 85.8 Å². The van der Waals surface area contributed by atoms with E-state index in [-0.39, 0.29) is 5.91 Å². The molecule has 0 saturated carbocycles. The third-order valence-corrected chi connectivity index (χ3v) is 4.92. The first-order valence-electron chi connectivity index (χ1n) is 9.78. The minimum atomic E-state index is -0.182. The Morgan fingerprint density at radius 1 is 0.967 bits per heavy atom. The average molecular weight is 397 g/mol. The molecule has 1 N–H and O–H groups in total. The molecule has 5 nitrogen and oxygen atoms in total. The van der Waals surface area contributed by atoms with E-state index >= 15 is 0 Å². The van der Waals surface area contributed by atoms with Crippen molar-refractivity contribution in [2.45, 2.75) is 13.5 Å². The van der Waals surface area contributed by atoms with Gasteiger partial charge in [-0.25, -0.2) is 4.68 Å². The summed E-state index contributed by atoms with van der Waals surface area (Å²) in [6.07, 6.45) is 1.77. The van der Waals surface area contributed by atoms with E-state index in [1.165, 1.54) is 5.56 Å². The molecule has 4 rings (SSSR count). The van der Waals surface area contributed by atoms with Crippen LogP contribution in [0.4, 0.5) is 0 Å². The quantitative estimate of drug-likeness (QED) is 0.509. The van der Waals surface area contributed by atoms with Gasteiger partial charge in [-0.05, 0) is 36.8 Å². The fraction of sp³-hybridized carbons (Fsp3) is 0.120. The monoisotopic (exact) mass is 397 g/mol. The van der Waals surface area contributed by atoms with Gasteiger partial charge in [0.25, 0.3) is 5.91 Å². The Kier molecular flexibility index (Phi) is 5.61. The molecule has 0 aliphatic carbocycles. The zero-order chi connectivity index (χ0) is 20.9. The number of benzene rings is 3. The van der Waals surface area contributed by atoms with E-state index in [4.69, 9.17) is 9.84 Å². The van der Waals surface area contributed by atoms with Gasteiger partial charge in [-0.15, -0.1) is 0 Å². The predicted octanol–water partition coefficient (Wildman–Crippen LogP) is 4.79. The topological polar surface area (TPSA) is 56.2 Å². The lowest BCUT2D eigenvalue weighted by molar-refractivity contribution is 0.0951. The summed E-state index contributed by atoms with van der Waals surface area (Å²) in [5.74, 6) is 0.488. The highest BCUT2D eigenvalue weighted by Crippen LogP contribution is 2.31. The Balaban J connectivity index is 1.70. The molecule has 0 spiro atoms. The van der Waals surface area contributed by atoms with Gasteiger partial charge in [0.15, 0.2) is 0 Å². The number of nitrogens with one attached hydrogen (secondary N) is 1. The molecule has 1 heterocycles. The summed E-state index contributed by atoms with van der Waals surface area (Å²) in [6, 6.07) is 25.4. The number of aromatic nitrogens is 2. The minimum Gasteiger partial charge on any atom is -0.496 e. The first-order valence-corrected chi connectivity index (χ1v) is 9.78. The highest BCUT2D eigenvalue weighted by Gasteiger charge is 2.21. The van der Waals surface area contributed by atoms with Crippen LogP contribution < -0.4 is 10.1 Å². The normalized spacial score (nSPS) is 10.6. The molecule has 1 aromatic heterocycles. The number of carbonyl (C=O) groups excluding carboxylic acids is 1. The van der Waals surface area contributed by atoms with E-state index in [1.54, 1.807) is 18.0 Å². The van der Waals surface area contributed by atoms with Crippen LogP contribution in [0, 0.1) is 6.92 Å². The summed E-state index contributed by atoms with van der Waals surface area (Å²) in [6.45, 7) is 2.49. The van der Waals surface area contributed by atoms with E-state index in [2.05, 4.69) is 5.32 Å².